The van der Waals surface area contributed by atoms with Gasteiger partial charge < -0.3 is 9.67 Å². The molecule has 1 atom stereocenters. The Balaban J connectivity index is 2.52. The monoisotopic (exact) mass is 232 g/mol. The molecule has 2 aromatic rings. The number of nitrogens with zero attached hydrogens (tertiary/aromatic N) is 2. The Morgan fingerprint density at radius 2 is 2.06 bits per heavy atom. The fraction of sp³-hybridized carbons (Fsp3) is 0.385. The first-order valence-electron chi connectivity index (χ1n) is 5.72. The first kappa shape index (κ1) is 11.8. The van der Waals surface area contributed by atoms with Crippen LogP contribution in [0.5, 0.6) is 0 Å². The summed E-state index contributed by atoms with van der Waals surface area (Å²) in [6.07, 6.45) is 0.772. The summed E-state index contributed by atoms with van der Waals surface area (Å²) >= 11 is 0. The second-order valence-corrected chi connectivity index (χ2v) is 4.51. The minimum absolute atomic E-state index is 0.119. The molecule has 0 amide bonds. The summed E-state index contributed by atoms with van der Waals surface area (Å²) in [7, 11) is 0. The third-order valence-corrected chi connectivity index (χ3v) is 2.89. The van der Waals surface area contributed by atoms with Crippen LogP contribution in [0, 0.1) is 5.92 Å². The predicted molar refractivity (Wildman–Crippen MR) is 66.8 cm³/mol. The van der Waals surface area contributed by atoms with Gasteiger partial charge in [-0.25, -0.2) is 4.98 Å². The van der Waals surface area contributed by atoms with Gasteiger partial charge in [0.2, 0.25) is 0 Å². The van der Waals surface area contributed by atoms with E-state index in [4.69, 9.17) is 0 Å². The molecular formula is C13H16N2O2. The quantitative estimate of drug-likeness (QED) is 0.870. The zero-order valence-electron chi connectivity index (χ0n) is 10.00. The van der Waals surface area contributed by atoms with E-state index in [0.29, 0.717) is 6.54 Å². The molecule has 1 aromatic heterocycles. The molecule has 0 radical (unpaired) electrons. The van der Waals surface area contributed by atoms with Crippen LogP contribution in [0.2, 0.25) is 0 Å². The Labute approximate surface area is 99.5 Å². The van der Waals surface area contributed by atoms with Gasteiger partial charge >= 0.3 is 0 Å². The van der Waals surface area contributed by atoms with Crippen LogP contribution in [-0.2, 0) is 6.54 Å². The minimum atomic E-state index is -0.529. The first-order chi connectivity index (χ1) is 8.09. The molecule has 0 aliphatic rings. The molecule has 1 heterocycles. The molecule has 0 saturated heterocycles. The normalized spacial score (nSPS) is 13.2. The Hall–Kier alpha value is -1.68. The lowest BCUT2D eigenvalue weighted by molar-refractivity contribution is 0.107. The van der Waals surface area contributed by atoms with Gasteiger partial charge in [-0.15, -0.1) is 0 Å². The van der Waals surface area contributed by atoms with E-state index in [2.05, 4.69) is 4.98 Å². The number of fused-ring (bicyclic) bond motifs is 1. The maximum atomic E-state index is 11.8. The van der Waals surface area contributed by atoms with Crippen LogP contribution >= 0.6 is 0 Å². The van der Waals surface area contributed by atoms with E-state index in [-0.39, 0.29) is 11.5 Å². The fourth-order valence-electron chi connectivity index (χ4n) is 1.70. The SMILES string of the molecule is CC(C)C(O)Cn1c(=O)cnc2ccccc21. The van der Waals surface area contributed by atoms with E-state index in [1.807, 2.05) is 38.1 Å². The molecule has 0 spiro atoms. The zero-order chi connectivity index (χ0) is 12.4. The van der Waals surface area contributed by atoms with Crippen LogP contribution in [-0.4, -0.2) is 20.8 Å². The summed E-state index contributed by atoms with van der Waals surface area (Å²) < 4.78 is 1.58. The summed E-state index contributed by atoms with van der Waals surface area (Å²) in [5, 5.41) is 9.88. The van der Waals surface area contributed by atoms with Gasteiger partial charge in [0.25, 0.3) is 5.56 Å². The molecule has 0 aliphatic carbocycles. The van der Waals surface area contributed by atoms with E-state index in [9.17, 15) is 9.90 Å². The fourth-order valence-corrected chi connectivity index (χ4v) is 1.70. The van der Waals surface area contributed by atoms with Gasteiger partial charge in [0.05, 0.1) is 29.9 Å². The highest BCUT2D eigenvalue weighted by molar-refractivity contribution is 5.74. The number of rotatable bonds is 3. The highest BCUT2D eigenvalue weighted by Crippen LogP contribution is 2.10. The molecule has 17 heavy (non-hydrogen) atoms. The third-order valence-electron chi connectivity index (χ3n) is 2.89. The number of aliphatic hydroxyl groups is 1. The Morgan fingerprint density at radius 3 is 2.76 bits per heavy atom. The minimum Gasteiger partial charge on any atom is -0.391 e. The van der Waals surface area contributed by atoms with Crippen LogP contribution in [0.25, 0.3) is 11.0 Å². The van der Waals surface area contributed by atoms with Gasteiger partial charge in [0.1, 0.15) is 0 Å². The van der Waals surface area contributed by atoms with E-state index < -0.39 is 6.10 Å². The number of hydrogen-bond donors (Lipinski definition) is 1. The maximum Gasteiger partial charge on any atom is 0.269 e. The standard InChI is InChI=1S/C13H16N2O2/c1-9(2)12(16)8-15-11-6-4-3-5-10(11)14-7-13(15)17/h3-7,9,12,16H,8H2,1-2H3. The second-order valence-electron chi connectivity index (χ2n) is 4.51. The largest absolute Gasteiger partial charge is 0.391 e. The second kappa shape index (κ2) is 4.67. The molecule has 0 aliphatic heterocycles. The Kier molecular flexibility index (Phi) is 3.24. The molecule has 0 bridgehead atoms. The van der Waals surface area contributed by atoms with Gasteiger partial charge in [0.15, 0.2) is 0 Å². The molecule has 1 N–H and O–H groups in total. The topological polar surface area (TPSA) is 55.1 Å². The summed E-state index contributed by atoms with van der Waals surface area (Å²) in [5.41, 5.74) is 1.35. The van der Waals surface area contributed by atoms with Crippen molar-refractivity contribution in [1.82, 2.24) is 9.55 Å². The lowest BCUT2D eigenvalue weighted by Gasteiger charge is -2.17. The van der Waals surface area contributed by atoms with E-state index in [0.717, 1.165) is 11.0 Å². The Bertz CT molecular complexity index is 575. The predicted octanol–water partition coefficient (Wildman–Crippen LogP) is 1.41. The summed E-state index contributed by atoms with van der Waals surface area (Å²) in [6.45, 7) is 4.16. The molecule has 0 saturated carbocycles. The van der Waals surface area contributed by atoms with Gasteiger partial charge in [-0.2, -0.15) is 0 Å². The number of hydrogen-bond acceptors (Lipinski definition) is 3. The molecule has 1 unspecified atom stereocenters. The third kappa shape index (κ3) is 2.36. The lowest BCUT2D eigenvalue weighted by atomic mass is 10.1. The zero-order valence-corrected chi connectivity index (χ0v) is 10.00. The van der Waals surface area contributed by atoms with Gasteiger partial charge in [-0.1, -0.05) is 26.0 Å². The van der Waals surface area contributed by atoms with Crippen molar-refractivity contribution in [3.05, 3.63) is 40.8 Å². The molecular weight excluding hydrogens is 216 g/mol. The molecule has 1 aromatic carbocycles. The summed E-state index contributed by atoms with van der Waals surface area (Å²) in [6, 6.07) is 7.44. The number of benzene rings is 1. The maximum absolute atomic E-state index is 11.8. The number of para-hydroxylation sites is 2. The molecule has 90 valence electrons. The van der Waals surface area contributed by atoms with Crippen LogP contribution in [0.4, 0.5) is 0 Å². The van der Waals surface area contributed by atoms with Gasteiger partial charge in [0, 0.05) is 0 Å². The van der Waals surface area contributed by atoms with Crippen molar-refractivity contribution < 1.29 is 5.11 Å². The highest BCUT2D eigenvalue weighted by atomic mass is 16.3. The van der Waals surface area contributed by atoms with E-state index >= 15 is 0 Å². The van der Waals surface area contributed by atoms with Crippen molar-refractivity contribution >= 4 is 11.0 Å². The summed E-state index contributed by atoms with van der Waals surface area (Å²) in [5.74, 6) is 0.119. The first-order valence-corrected chi connectivity index (χ1v) is 5.72. The average Bonchev–Trinajstić information content (AvgIpc) is 2.32. The van der Waals surface area contributed by atoms with Crippen LogP contribution in [0.1, 0.15) is 13.8 Å². The molecule has 0 fully saturated rings. The average molecular weight is 232 g/mol. The molecule has 4 nitrogen and oxygen atoms in total. The van der Waals surface area contributed by atoms with Crippen molar-refractivity contribution in [2.24, 2.45) is 5.92 Å². The van der Waals surface area contributed by atoms with Crippen LogP contribution in [0.15, 0.2) is 35.3 Å². The van der Waals surface area contributed by atoms with Crippen molar-refractivity contribution in [3.8, 4) is 0 Å². The van der Waals surface area contributed by atoms with Gasteiger partial charge in [-0.3, -0.25) is 4.79 Å². The number of aliphatic hydroxyl groups excluding tert-OH is 1. The van der Waals surface area contributed by atoms with Gasteiger partial charge in [-0.05, 0) is 18.1 Å². The van der Waals surface area contributed by atoms with Crippen molar-refractivity contribution in [1.29, 1.82) is 0 Å². The van der Waals surface area contributed by atoms with Crippen molar-refractivity contribution in [2.75, 3.05) is 0 Å². The molecule has 2 rings (SSSR count). The Morgan fingerprint density at radius 1 is 1.35 bits per heavy atom. The summed E-state index contributed by atoms with van der Waals surface area (Å²) in [4.78, 5) is 15.9. The lowest BCUT2D eigenvalue weighted by Crippen LogP contribution is -2.29. The highest BCUT2D eigenvalue weighted by Gasteiger charge is 2.12. The van der Waals surface area contributed by atoms with Crippen molar-refractivity contribution in [3.63, 3.8) is 0 Å². The van der Waals surface area contributed by atoms with Crippen LogP contribution < -0.4 is 5.56 Å². The van der Waals surface area contributed by atoms with E-state index in [1.54, 1.807) is 4.57 Å². The molecule has 4 heteroatoms. The smallest absolute Gasteiger partial charge is 0.269 e. The van der Waals surface area contributed by atoms with Crippen LogP contribution in [0.3, 0.4) is 0 Å². The number of aromatic nitrogens is 2. The van der Waals surface area contributed by atoms with E-state index in [1.165, 1.54) is 6.20 Å². The van der Waals surface area contributed by atoms with Crippen molar-refractivity contribution in [2.45, 2.75) is 26.5 Å².